The second kappa shape index (κ2) is 2.60. The van der Waals surface area contributed by atoms with E-state index in [1.54, 1.807) is 0 Å². The first-order valence-electron chi connectivity index (χ1n) is 5.13. The van der Waals surface area contributed by atoms with Crippen molar-refractivity contribution < 1.29 is 0 Å². The lowest BCUT2D eigenvalue weighted by Crippen LogP contribution is -2.42. The maximum atomic E-state index is 3.18. The van der Waals surface area contributed by atoms with E-state index in [0.29, 0.717) is 0 Å². The van der Waals surface area contributed by atoms with Crippen molar-refractivity contribution in [1.29, 1.82) is 0 Å². The molecule has 0 unspecified atom stereocenters. The molecular formula is C13H18N. The Morgan fingerprint density at radius 2 is 1.64 bits per heavy atom. The zero-order valence-corrected chi connectivity index (χ0v) is 9.68. The zero-order valence-electron chi connectivity index (χ0n) is 9.68. The maximum Gasteiger partial charge on any atom is 0.0413 e. The number of nitrogens with zero attached hydrogens (tertiary/aromatic N) is 1. The first-order valence-corrected chi connectivity index (χ1v) is 5.13. The van der Waals surface area contributed by atoms with E-state index in [-0.39, 0.29) is 11.1 Å². The fourth-order valence-corrected chi connectivity index (χ4v) is 2.53. The summed E-state index contributed by atoms with van der Waals surface area (Å²) in [6.45, 7) is 9.10. The van der Waals surface area contributed by atoms with Crippen molar-refractivity contribution in [2.45, 2.75) is 38.8 Å². The van der Waals surface area contributed by atoms with Crippen molar-refractivity contribution in [2.75, 3.05) is 7.05 Å². The summed E-state index contributed by atoms with van der Waals surface area (Å²) in [6.07, 6.45) is 0. The van der Waals surface area contributed by atoms with Gasteiger partial charge in [0.25, 0.3) is 0 Å². The molecule has 1 aromatic carbocycles. The largest absolute Gasteiger partial charge is 0.288 e. The van der Waals surface area contributed by atoms with Gasteiger partial charge in [0.05, 0.1) is 0 Å². The molecule has 0 saturated carbocycles. The first-order chi connectivity index (χ1) is 6.38. The highest BCUT2D eigenvalue weighted by Crippen LogP contribution is 2.47. The van der Waals surface area contributed by atoms with Crippen LogP contribution in [-0.2, 0) is 11.1 Å². The Balaban J connectivity index is 2.70. The summed E-state index contributed by atoms with van der Waals surface area (Å²) in [7, 11) is 2.19. The summed E-state index contributed by atoms with van der Waals surface area (Å²) in [5.74, 6) is 0. The molecule has 0 aliphatic carbocycles. The predicted octanol–water partition coefficient (Wildman–Crippen LogP) is 2.90. The summed E-state index contributed by atoms with van der Waals surface area (Å²) in [4.78, 5) is 2.43. The molecule has 1 heteroatoms. The minimum Gasteiger partial charge on any atom is -0.288 e. The van der Waals surface area contributed by atoms with Crippen LogP contribution >= 0.6 is 0 Å². The quantitative estimate of drug-likeness (QED) is 0.605. The molecule has 14 heavy (non-hydrogen) atoms. The van der Waals surface area contributed by atoms with E-state index in [0.717, 1.165) is 0 Å². The van der Waals surface area contributed by atoms with Crippen molar-refractivity contribution in [1.82, 2.24) is 4.90 Å². The van der Waals surface area contributed by atoms with Gasteiger partial charge in [-0.05, 0) is 58.0 Å². The van der Waals surface area contributed by atoms with Crippen LogP contribution < -0.4 is 0 Å². The summed E-state index contributed by atoms with van der Waals surface area (Å²) in [5, 5.41) is 0. The van der Waals surface area contributed by atoms with Gasteiger partial charge in [0, 0.05) is 11.1 Å². The molecule has 0 fully saturated rings. The normalized spacial score (nSPS) is 23.5. The second-order valence-electron chi connectivity index (χ2n) is 5.15. The van der Waals surface area contributed by atoms with Crippen LogP contribution in [0.2, 0.25) is 0 Å². The Morgan fingerprint density at radius 3 is 2.21 bits per heavy atom. The van der Waals surface area contributed by atoms with E-state index in [1.165, 1.54) is 11.1 Å². The predicted molar refractivity (Wildman–Crippen MR) is 59.1 cm³/mol. The highest BCUT2D eigenvalue weighted by Gasteiger charge is 2.46. The van der Waals surface area contributed by atoms with Gasteiger partial charge < -0.3 is 0 Å². The monoisotopic (exact) mass is 188 g/mol. The SMILES string of the molecule is CN1C(C)(C)c2c[c]ccc2C1(C)C. The third kappa shape index (κ3) is 0.992. The Hall–Kier alpha value is -0.820. The van der Waals surface area contributed by atoms with E-state index >= 15 is 0 Å². The highest BCUT2D eigenvalue weighted by molar-refractivity contribution is 5.42. The minimum absolute atomic E-state index is 0.122. The summed E-state index contributed by atoms with van der Waals surface area (Å²) < 4.78 is 0. The van der Waals surface area contributed by atoms with Crippen LogP contribution in [0.5, 0.6) is 0 Å². The Bertz CT molecular complexity index is 328. The van der Waals surface area contributed by atoms with Crippen molar-refractivity contribution in [3.05, 3.63) is 35.4 Å². The lowest BCUT2D eigenvalue weighted by atomic mass is 9.91. The first kappa shape index (κ1) is 9.72. The molecule has 1 heterocycles. The van der Waals surface area contributed by atoms with E-state index in [9.17, 15) is 0 Å². The molecule has 1 aliphatic heterocycles. The number of benzene rings is 1. The van der Waals surface area contributed by atoms with Gasteiger partial charge in [-0.2, -0.15) is 0 Å². The van der Waals surface area contributed by atoms with Gasteiger partial charge in [-0.3, -0.25) is 4.90 Å². The Kier molecular flexibility index (Phi) is 1.81. The Morgan fingerprint density at radius 1 is 1.07 bits per heavy atom. The minimum atomic E-state index is 0.122. The average Bonchev–Trinajstić information content (AvgIpc) is 2.28. The topological polar surface area (TPSA) is 3.24 Å². The second-order valence-corrected chi connectivity index (χ2v) is 5.15. The van der Waals surface area contributed by atoms with Gasteiger partial charge in [-0.25, -0.2) is 0 Å². The lowest BCUT2D eigenvalue weighted by molar-refractivity contribution is 0.0730. The molecule has 0 N–H and O–H groups in total. The van der Waals surface area contributed by atoms with Crippen molar-refractivity contribution >= 4 is 0 Å². The molecule has 2 rings (SSSR count). The third-order valence-electron chi connectivity index (χ3n) is 3.86. The van der Waals surface area contributed by atoms with Gasteiger partial charge in [-0.1, -0.05) is 12.1 Å². The molecule has 0 aromatic heterocycles. The molecule has 0 atom stereocenters. The molecule has 1 radical (unpaired) electrons. The van der Waals surface area contributed by atoms with Gasteiger partial charge in [0.2, 0.25) is 0 Å². The van der Waals surface area contributed by atoms with E-state index in [1.807, 2.05) is 6.07 Å². The molecule has 1 aromatic rings. The molecule has 0 amide bonds. The molecule has 0 saturated heterocycles. The van der Waals surface area contributed by atoms with E-state index in [2.05, 4.69) is 57.8 Å². The average molecular weight is 188 g/mol. The molecule has 75 valence electrons. The number of rotatable bonds is 0. The lowest BCUT2D eigenvalue weighted by Gasteiger charge is -2.37. The molecule has 1 nitrogen and oxygen atoms in total. The summed E-state index contributed by atoms with van der Waals surface area (Å²) in [5.41, 5.74) is 3.10. The standard InChI is InChI=1S/C13H18N/c1-12(2)10-8-6-7-9-11(10)13(3,4)14(12)5/h6,8-9H,1-5H3. The molecule has 0 bridgehead atoms. The molecular weight excluding hydrogens is 170 g/mol. The van der Waals surface area contributed by atoms with Gasteiger partial charge >= 0.3 is 0 Å². The van der Waals surface area contributed by atoms with Crippen LogP contribution in [0, 0.1) is 6.07 Å². The van der Waals surface area contributed by atoms with Crippen LogP contribution in [0.1, 0.15) is 38.8 Å². The van der Waals surface area contributed by atoms with Crippen LogP contribution in [0.3, 0.4) is 0 Å². The number of hydrogen-bond acceptors (Lipinski definition) is 1. The van der Waals surface area contributed by atoms with Crippen LogP contribution in [0.15, 0.2) is 18.2 Å². The highest BCUT2D eigenvalue weighted by atomic mass is 15.2. The van der Waals surface area contributed by atoms with Gasteiger partial charge in [0.15, 0.2) is 0 Å². The van der Waals surface area contributed by atoms with Gasteiger partial charge in [0.1, 0.15) is 0 Å². The zero-order chi connectivity index (χ0) is 10.6. The smallest absolute Gasteiger partial charge is 0.0413 e. The third-order valence-corrected chi connectivity index (χ3v) is 3.86. The van der Waals surface area contributed by atoms with Gasteiger partial charge in [-0.15, -0.1) is 0 Å². The van der Waals surface area contributed by atoms with Crippen LogP contribution in [0.4, 0.5) is 0 Å². The molecule has 0 spiro atoms. The van der Waals surface area contributed by atoms with E-state index in [4.69, 9.17) is 0 Å². The number of hydrogen-bond donors (Lipinski definition) is 0. The fourth-order valence-electron chi connectivity index (χ4n) is 2.53. The Labute approximate surface area is 86.7 Å². The maximum absolute atomic E-state index is 3.18. The van der Waals surface area contributed by atoms with Crippen molar-refractivity contribution in [3.63, 3.8) is 0 Å². The number of fused-ring (bicyclic) bond motifs is 1. The van der Waals surface area contributed by atoms with Crippen LogP contribution in [-0.4, -0.2) is 11.9 Å². The van der Waals surface area contributed by atoms with Crippen molar-refractivity contribution in [2.24, 2.45) is 0 Å². The fraction of sp³-hybridized carbons (Fsp3) is 0.538. The summed E-state index contributed by atoms with van der Waals surface area (Å²) >= 11 is 0. The molecule has 1 aliphatic rings. The van der Waals surface area contributed by atoms with E-state index < -0.39 is 0 Å². The van der Waals surface area contributed by atoms with Crippen molar-refractivity contribution in [3.8, 4) is 0 Å². The summed E-state index contributed by atoms with van der Waals surface area (Å²) in [6, 6.07) is 9.51. The van der Waals surface area contributed by atoms with Crippen LogP contribution in [0.25, 0.3) is 0 Å².